The molecule has 28 heavy (non-hydrogen) atoms. The summed E-state index contributed by atoms with van der Waals surface area (Å²) in [6.45, 7) is 0. The lowest BCUT2D eigenvalue weighted by Gasteiger charge is -2.36. The molecule has 1 fully saturated rings. The van der Waals surface area contributed by atoms with Crippen molar-refractivity contribution in [3.63, 3.8) is 0 Å². The second-order valence-corrected chi connectivity index (χ2v) is 11.4. The van der Waals surface area contributed by atoms with E-state index < -0.39 is 31.0 Å². The lowest BCUT2D eigenvalue weighted by Crippen LogP contribution is -2.32. The molecule has 0 aliphatic heterocycles. The number of rotatable bonds is 5. The van der Waals surface area contributed by atoms with Crippen LogP contribution in [0.4, 0.5) is 5.69 Å². The minimum absolute atomic E-state index is 0.0128. The molecule has 1 saturated carbocycles. The van der Waals surface area contributed by atoms with Crippen LogP contribution < -0.4 is 4.72 Å². The molecule has 2 aromatic rings. The van der Waals surface area contributed by atoms with Gasteiger partial charge in [0, 0.05) is 10.7 Å². The molecule has 0 bridgehead atoms. The van der Waals surface area contributed by atoms with E-state index in [9.17, 15) is 27.2 Å². The van der Waals surface area contributed by atoms with Gasteiger partial charge >= 0.3 is 0 Å². The SMILES string of the molecule is CS(=O)(=O)c1cc(NS(=O)(=O)c2cc(Br)ccc2O)cc(C2(C#N)CCC2)c1. The fourth-order valence-electron chi connectivity index (χ4n) is 3.06. The number of halogens is 1. The number of phenols is 1. The second-order valence-electron chi connectivity index (χ2n) is 6.78. The zero-order valence-corrected chi connectivity index (χ0v) is 18.0. The highest BCUT2D eigenvalue weighted by Gasteiger charge is 2.40. The summed E-state index contributed by atoms with van der Waals surface area (Å²) in [7, 11) is -7.83. The van der Waals surface area contributed by atoms with Crippen LogP contribution in [0.3, 0.4) is 0 Å². The molecule has 0 aromatic heterocycles. The largest absolute Gasteiger partial charge is 0.507 e. The average Bonchev–Trinajstić information content (AvgIpc) is 2.55. The zero-order chi connectivity index (χ0) is 20.7. The van der Waals surface area contributed by atoms with Crippen LogP contribution in [0.5, 0.6) is 5.75 Å². The van der Waals surface area contributed by atoms with Gasteiger partial charge in [0.2, 0.25) is 0 Å². The van der Waals surface area contributed by atoms with Gasteiger partial charge in [-0.05, 0) is 61.2 Å². The summed E-state index contributed by atoms with van der Waals surface area (Å²) < 4.78 is 52.4. The molecule has 1 aliphatic rings. The summed E-state index contributed by atoms with van der Waals surface area (Å²) in [6, 6.07) is 10.3. The Morgan fingerprint density at radius 1 is 1.14 bits per heavy atom. The van der Waals surface area contributed by atoms with Gasteiger partial charge in [0.1, 0.15) is 10.6 Å². The number of phenolic OH excluding ortho intramolecular Hbond substituents is 1. The number of sulfonamides is 1. The van der Waals surface area contributed by atoms with Crippen LogP contribution >= 0.6 is 15.9 Å². The molecule has 0 amide bonds. The number of benzene rings is 2. The van der Waals surface area contributed by atoms with E-state index in [1.54, 1.807) is 0 Å². The quantitative estimate of drug-likeness (QED) is 0.670. The number of nitrogens with one attached hydrogen (secondary N) is 1. The number of aromatic hydroxyl groups is 1. The first kappa shape index (κ1) is 20.6. The Hall–Kier alpha value is -2.09. The van der Waals surface area contributed by atoms with Gasteiger partial charge in [-0.1, -0.05) is 15.9 Å². The molecule has 2 aromatic carbocycles. The summed E-state index contributed by atoms with van der Waals surface area (Å²) in [4.78, 5) is -0.436. The average molecular weight is 485 g/mol. The van der Waals surface area contributed by atoms with Crippen LogP contribution in [-0.2, 0) is 25.3 Å². The summed E-state index contributed by atoms with van der Waals surface area (Å²) in [6.07, 6.45) is 3.01. The number of anilines is 1. The molecular formula is C18H17BrN2O5S2. The Kier molecular flexibility index (Phi) is 5.20. The maximum Gasteiger partial charge on any atom is 0.265 e. The summed E-state index contributed by atoms with van der Waals surface area (Å²) in [5.41, 5.74) is -0.349. The number of hydrogen-bond acceptors (Lipinski definition) is 6. The van der Waals surface area contributed by atoms with Crippen LogP contribution in [0.2, 0.25) is 0 Å². The van der Waals surface area contributed by atoms with Gasteiger partial charge in [0.05, 0.1) is 22.1 Å². The van der Waals surface area contributed by atoms with Crippen molar-refractivity contribution in [2.24, 2.45) is 0 Å². The van der Waals surface area contributed by atoms with E-state index in [1.165, 1.54) is 36.4 Å². The molecule has 148 valence electrons. The number of sulfone groups is 1. The Labute approximate surface area is 172 Å². The monoisotopic (exact) mass is 484 g/mol. The van der Waals surface area contributed by atoms with Crippen molar-refractivity contribution >= 4 is 41.5 Å². The highest BCUT2D eigenvalue weighted by Crippen LogP contribution is 2.44. The Morgan fingerprint density at radius 2 is 1.82 bits per heavy atom. The second kappa shape index (κ2) is 7.06. The molecule has 0 heterocycles. The summed E-state index contributed by atoms with van der Waals surface area (Å²) in [5, 5.41) is 19.5. The predicted octanol–water partition coefficient (Wildman–Crippen LogP) is 3.30. The highest BCUT2D eigenvalue weighted by atomic mass is 79.9. The first-order valence-corrected chi connectivity index (χ1v) is 12.4. The lowest BCUT2D eigenvalue weighted by atomic mass is 9.65. The zero-order valence-electron chi connectivity index (χ0n) is 14.8. The van der Waals surface area contributed by atoms with Crippen molar-refractivity contribution in [1.82, 2.24) is 0 Å². The first-order chi connectivity index (χ1) is 13.0. The van der Waals surface area contributed by atoms with E-state index in [-0.39, 0.29) is 15.5 Å². The van der Waals surface area contributed by atoms with E-state index in [1.807, 2.05) is 0 Å². The molecule has 3 rings (SSSR count). The fraction of sp³-hybridized carbons (Fsp3) is 0.278. The van der Waals surface area contributed by atoms with Crippen LogP contribution in [0.15, 0.2) is 50.7 Å². The van der Waals surface area contributed by atoms with Crippen molar-refractivity contribution in [1.29, 1.82) is 5.26 Å². The van der Waals surface area contributed by atoms with Crippen molar-refractivity contribution in [2.75, 3.05) is 11.0 Å². The van der Waals surface area contributed by atoms with Crippen LogP contribution in [0.1, 0.15) is 24.8 Å². The number of nitriles is 1. The van der Waals surface area contributed by atoms with Crippen LogP contribution in [-0.4, -0.2) is 28.2 Å². The van der Waals surface area contributed by atoms with E-state index in [0.29, 0.717) is 22.9 Å². The molecule has 0 unspecified atom stereocenters. The maximum atomic E-state index is 12.7. The van der Waals surface area contributed by atoms with Crippen molar-refractivity contribution < 1.29 is 21.9 Å². The minimum Gasteiger partial charge on any atom is -0.507 e. The molecule has 7 nitrogen and oxygen atoms in total. The van der Waals surface area contributed by atoms with Crippen molar-refractivity contribution in [3.8, 4) is 11.8 Å². The van der Waals surface area contributed by atoms with Crippen LogP contribution in [0, 0.1) is 11.3 Å². The van der Waals surface area contributed by atoms with Gasteiger partial charge in [-0.25, -0.2) is 16.8 Å². The molecule has 0 atom stereocenters. The van der Waals surface area contributed by atoms with E-state index in [2.05, 4.69) is 26.7 Å². The normalized spacial score (nSPS) is 16.0. The molecule has 2 N–H and O–H groups in total. The van der Waals surface area contributed by atoms with E-state index in [4.69, 9.17) is 0 Å². The first-order valence-electron chi connectivity index (χ1n) is 8.25. The third-order valence-corrected chi connectivity index (χ3v) is 7.77. The third kappa shape index (κ3) is 3.87. The molecule has 1 aliphatic carbocycles. The van der Waals surface area contributed by atoms with Gasteiger partial charge in [0.25, 0.3) is 10.0 Å². The highest BCUT2D eigenvalue weighted by molar-refractivity contribution is 9.10. The topological polar surface area (TPSA) is 124 Å². The molecule has 10 heteroatoms. The van der Waals surface area contributed by atoms with E-state index in [0.717, 1.165) is 12.7 Å². The van der Waals surface area contributed by atoms with Crippen LogP contribution in [0.25, 0.3) is 0 Å². The molecule has 0 saturated heterocycles. The fourth-order valence-corrected chi connectivity index (χ4v) is 5.42. The molecule has 0 spiro atoms. The maximum absolute atomic E-state index is 12.7. The molecule has 0 radical (unpaired) electrons. The summed E-state index contributed by atoms with van der Waals surface area (Å²) in [5.74, 6) is -0.442. The minimum atomic E-state index is -4.19. The van der Waals surface area contributed by atoms with Crippen molar-refractivity contribution in [2.45, 2.75) is 34.5 Å². The van der Waals surface area contributed by atoms with Crippen molar-refractivity contribution in [3.05, 3.63) is 46.4 Å². The van der Waals surface area contributed by atoms with Gasteiger partial charge in [-0.2, -0.15) is 5.26 Å². The molecular weight excluding hydrogens is 468 g/mol. The number of nitrogens with zero attached hydrogens (tertiary/aromatic N) is 1. The Bertz CT molecular complexity index is 1200. The van der Waals surface area contributed by atoms with E-state index >= 15 is 0 Å². The predicted molar refractivity (Wildman–Crippen MR) is 107 cm³/mol. The van der Waals surface area contributed by atoms with Gasteiger partial charge in [-0.15, -0.1) is 0 Å². The van der Waals surface area contributed by atoms with Gasteiger partial charge in [-0.3, -0.25) is 4.72 Å². The smallest absolute Gasteiger partial charge is 0.265 e. The Morgan fingerprint density at radius 3 is 2.36 bits per heavy atom. The third-order valence-electron chi connectivity index (χ3n) is 4.77. The Balaban J connectivity index is 2.11. The lowest BCUT2D eigenvalue weighted by molar-refractivity contribution is 0.323. The van der Waals surface area contributed by atoms with Gasteiger partial charge in [0.15, 0.2) is 9.84 Å². The standard InChI is InChI=1S/C18H17BrN2O5S2/c1-27(23,24)15-8-12(18(11-20)5-2-6-18)7-14(10-15)21-28(25,26)17-9-13(19)3-4-16(17)22/h3-4,7-10,21-22H,2,5-6H2,1H3. The summed E-state index contributed by atoms with van der Waals surface area (Å²) >= 11 is 3.16. The van der Waals surface area contributed by atoms with Gasteiger partial charge < -0.3 is 5.11 Å². The number of hydrogen-bond donors (Lipinski definition) is 2.